The molecule has 0 bridgehead atoms. The van der Waals surface area contributed by atoms with Gasteiger partial charge in [-0.25, -0.2) is 0 Å². The first-order valence-electron chi connectivity index (χ1n) is 11.0. The number of rotatable bonds is 13. The Balaban J connectivity index is 1.99. The number of benzene rings is 2. The van der Waals surface area contributed by atoms with Crippen LogP contribution in [0.4, 0.5) is 10.1 Å². The van der Waals surface area contributed by atoms with Gasteiger partial charge in [0, 0.05) is 12.5 Å². The highest BCUT2D eigenvalue weighted by atomic mass is 19.1. The van der Waals surface area contributed by atoms with Crippen LogP contribution in [0.3, 0.4) is 0 Å². The molecular formula is C25H30FNO7. The van der Waals surface area contributed by atoms with Crippen LogP contribution < -0.4 is 9.47 Å². The molecule has 1 atom stereocenters. The highest BCUT2D eigenvalue weighted by Gasteiger charge is 2.28. The van der Waals surface area contributed by atoms with Gasteiger partial charge in [-0.05, 0) is 68.9 Å². The second-order valence-corrected chi connectivity index (χ2v) is 8.15. The minimum Gasteiger partial charge on any atom is -0.493 e. The van der Waals surface area contributed by atoms with Crippen molar-refractivity contribution in [2.24, 2.45) is 5.92 Å². The third-order valence-electron chi connectivity index (χ3n) is 5.25. The van der Waals surface area contributed by atoms with E-state index in [-0.39, 0.29) is 24.7 Å². The number of ketones is 1. The summed E-state index contributed by atoms with van der Waals surface area (Å²) in [4.78, 5) is 35.1. The van der Waals surface area contributed by atoms with E-state index in [9.17, 15) is 24.1 Å². The Morgan fingerprint density at radius 1 is 1.03 bits per heavy atom. The predicted octanol–water partition coefficient (Wildman–Crippen LogP) is 4.84. The number of unbranched alkanes of at least 4 members (excludes halogenated alkanes) is 1. The van der Waals surface area contributed by atoms with Crippen molar-refractivity contribution < 1.29 is 33.1 Å². The number of carbonyl (C=O) groups excluding carboxylic acids is 2. The molecule has 0 aliphatic heterocycles. The number of ether oxygens (including phenoxy) is 3. The third-order valence-corrected chi connectivity index (χ3v) is 5.25. The van der Waals surface area contributed by atoms with Gasteiger partial charge in [0.25, 0.3) is 0 Å². The molecule has 0 amide bonds. The number of hydrogen-bond acceptors (Lipinski definition) is 7. The third kappa shape index (κ3) is 7.54. The molecule has 2 rings (SSSR count). The Bertz CT molecular complexity index is 1020. The predicted molar refractivity (Wildman–Crippen MR) is 124 cm³/mol. The van der Waals surface area contributed by atoms with E-state index in [1.54, 1.807) is 7.11 Å². The van der Waals surface area contributed by atoms with Gasteiger partial charge in [0.2, 0.25) is 5.82 Å². The van der Waals surface area contributed by atoms with Crippen LogP contribution in [0.15, 0.2) is 36.4 Å². The molecule has 0 radical (unpaired) electrons. The lowest BCUT2D eigenvalue weighted by Crippen LogP contribution is -2.27. The van der Waals surface area contributed by atoms with Crippen LogP contribution in [0.5, 0.6) is 11.5 Å². The van der Waals surface area contributed by atoms with Gasteiger partial charge in [-0.1, -0.05) is 12.1 Å². The number of hydrogen-bond donors (Lipinski definition) is 0. The van der Waals surface area contributed by atoms with E-state index in [0.717, 1.165) is 17.7 Å². The lowest BCUT2D eigenvalue weighted by Gasteiger charge is -2.15. The van der Waals surface area contributed by atoms with Crippen molar-refractivity contribution in [1.29, 1.82) is 0 Å². The molecule has 2 aromatic rings. The van der Waals surface area contributed by atoms with E-state index in [2.05, 4.69) is 0 Å². The summed E-state index contributed by atoms with van der Waals surface area (Å²) in [5.74, 6) is -1.82. The molecule has 0 fully saturated rings. The van der Waals surface area contributed by atoms with Crippen LogP contribution in [0.25, 0.3) is 0 Å². The van der Waals surface area contributed by atoms with E-state index in [4.69, 9.17) is 14.2 Å². The Labute approximate surface area is 198 Å². The summed E-state index contributed by atoms with van der Waals surface area (Å²) in [6.07, 6.45) is 2.01. The summed E-state index contributed by atoms with van der Waals surface area (Å²) in [5, 5.41) is 11.0. The number of nitro benzene ring substituents is 1. The molecule has 1 unspecified atom stereocenters. The zero-order chi connectivity index (χ0) is 25.3. The standard InChI is InChI=1S/C25H30FNO7/c1-16(2)34-24-15-17(10-12-23(24)32-3)7-5-6-8-22(28)19(25(29)33-4)13-18-9-11-20(26)21(14-18)27(30)31/h9-12,14-16,19H,5-8,13H2,1-4H3. The summed E-state index contributed by atoms with van der Waals surface area (Å²) in [6, 6.07) is 9.02. The van der Waals surface area contributed by atoms with Gasteiger partial charge in [-0.2, -0.15) is 4.39 Å². The van der Waals surface area contributed by atoms with Gasteiger partial charge in [-0.15, -0.1) is 0 Å². The van der Waals surface area contributed by atoms with E-state index >= 15 is 0 Å². The average molecular weight is 476 g/mol. The summed E-state index contributed by atoms with van der Waals surface area (Å²) < 4.78 is 29.5. The molecule has 9 heteroatoms. The largest absolute Gasteiger partial charge is 0.493 e. The number of methoxy groups -OCH3 is 2. The molecule has 184 valence electrons. The monoisotopic (exact) mass is 475 g/mol. The average Bonchev–Trinajstić information content (AvgIpc) is 2.80. The highest BCUT2D eigenvalue weighted by molar-refractivity contribution is 5.99. The van der Waals surface area contributed by atoms with E-state index < -0.39 is 28.3 Å². The second-order valence-electron chi connectivity index (χ2n) is 8.15. The van der Waals surface area contributed by atoms with Crippen molar-refractivity contribution in [2.45, 2.75) is 52.1 Å². The topological polar surface area (TPSA) is 105 Å². The van der Waals surface area contributed by atoms with Crippen molar-refractivity contribution in [3.8, 4) is 11.5 Å². The Kier molecular flexibility index (Phi) is 9.97. The molecule has 8 nitrogen and oxygen atoms in total. The maximum atomic E-state index is 13.6. The molecule has 34 heavy (non-hydrogen) atoms. The fourth-order valence-corrected chi connectivity index (χ4v) is 3.56. The summed E-state index contributed by atoms with van der Waals surface area (Å²) in [7, 11) is 2.76. The molecule has 0 N–H and O–H groups in total. The Morgan fingerprint density at radius 2 is 1.74 bits per heavy atom. The normalized spacial score (nSPS) is 11.7. The van der Waals surface area contributed by atoms with Crippen molar-refractivity contribution in [1.82, 2.24) is 0 Å². The molecule has 0 saturated heterocycles. The van der Waals surface area contributed by atoms with Gasteiger partial charge in [0.1, 0.15) is 11.7 Å². The maximum absolute atomic E-state index is 13.6. The van der Waals surface area contributed by atoms with Crippen LogP contribution in [0, 0.1) is 21.8 Å². The van der Waals surface area contributed by atoms with Crippen LogP contribution in [0.2, 0.25) is 0 Å². The number of nitro groups is 1. The van der Waals surface area contributed by atoms with Gasteiger partial charge >= 0.3 is 11.7 Å². The molecular weight excluding hydrogens is 445 g/mol. The first-order valence-corrected chi connectivity index (χ1v) is 11.0. The maximum Gasteiger partial charge on any atom is 0.316 e. The van der Waals surface area contributed by atoms with Crippen LogP contribution in [-0.4, -0.2) is 37.0 Å². The SMILES string of the molecule is COC(=O)C(Cc1ccc(F)c([N+](=O)[O-])c1)C(=O)CCCCc1ccc(OC)c(OC(C)C)c1. The smallest absolute Gasteiger partial charge is 0.316 e. The first kappa shape index (κ1) is 26.8. The zero-order valence-electron chi connectivity index (χ0n) is 19.8. The summed E-state index contributed by atoms with van der Waals surface area (Å²) >= 11 is 0. The Morgan fingerprint density at radius 3 is 2.35 bits per heavy atom. The molecule has 0 aromatic heterocycles. The quantitative estimate of drug-likeness (QED) is 0.134. The van der Waals surface area contributed by atoms with Crippen LogP contribution in [-0.2, 0) is 27.2 Å². The highest BCUT2D eigenvalue weighted by Crippen LogP contribution is 2.30. The number of halogens is 1. The van der Waals surface area contributed by atoms with Crippen molar-refractivity contribution in [3.63, 3.8) is 0 Å². The number of aryl methyl sites for hydroxylation is 1. The van der Waals surface area contributed by atoms with Gasteiger partial charge < -0.3 is 14.2 Å². The lowest BCUT2D eigenvalue weighted by molar-refractivity contribution is -0.387. The lowest BCUT2D eigenvalue weighted by atomic mass is 9.91. The van der Waals surface area contributed by atoms with Crippen molar-refractivity contribution in [2.75, 3.05) is 14.2 Å². The van der Waals surface area contributed by atoms with Gasteiger partial charge in [0.05, 0.1) is 25.2 Å². The second kappa shape index (κ2) is 12.7. The van der Waals surface area contributed by atoms with Gasteiger partial charge in [0.15, 0.2) is 11.5 Å². The zero-order valence-corrected chi connectivity index (χ0v) is 19.8. The van der Waals surface area contributed by atoms with Crippen molar-refractivity contribution >= 4 is 17.4 Å². The van der Waals surface area contributed by atoms with E-state index in [1.807, 2.05) is 32.0 Å². The summed E-state index contributed by atoms with van der Waals surface area (Å²) in [6.45, 7) is 3.86. The fraction of sp³-hybridized carbons (Fsp3) is 0.440. The van der Waals surface area contributed by atoms with Crippen LogP contribution >= 0.6 is 0 Å². The number of carbonyl (C=O) groups is 2. The molecule has 2 aromatic carbocycles. The molecule has 0 saturated carbocycles. The first-order chi connectivity index (χ1) is 16.2. The molecule has 0 spiro atoms. The number of esters is 1. The van der Waals surface area contributed by atoms with Crippen molar-refractivity contribution in [3.05, 3.63) is 63.5 Å². The Hall–Kier alpha value is -3.49. The molecule has 0 aliphatic carbocycles. The van der Waals surface area contributed by atoms with Gasteiger partial charge in [-0.3, -0.25) is 19.7 Å². The summed E-state index contributed by atoms with van der Waals surface area (Å²) in [5.41, 5.74) is 0.647. The molecule has 0 heterocycles. The van der Waals surface area contributed by atoms with E-state index in [1.165, 1.54) is 13.2 Å². The van der Waals surface area contributed by atoms with E-state index in [0.29, 0.717) is 36.3 Å². The molecule has 0 aliphatic rings. The number of nitrogens with zero attached hydrogens (tertiary/aromatic N) is 1. The number of Topliss-reactive ketones (excluding diaryl/α,β-unsaturated/α-hetero) is 1. The minimum absolute atomic E-state index is 0.000400. The minimum atomic E-state index is -1.11. The van der Waals surface area contributed by atoms with Crippen LogP contribution in [0.1, 0.15) is 44.2 Å². The fourth-order valence-electron chi connectivity index (χ4n) is 3.56.